The molecule has 5 nitrogen and oxygen atoms in total. The van der Waals surface area contributed by atoms with Crippen molar-refractivity contribution in [3.05, 3.63) is 39.7 Å². The molecule has 0 aromatic heterocycles. The van der Waals surface area contributed by atoms with Gasteiger partial charge in [0, 0.05) is 24.9 Å². The Kier molecular flexibility index (Phi) is 4.45. The first-order valence-electron chi connectivity index (χ1n) is 5.03. The predicted octanol–water partition coefficient (Wildman–Crippen LogP) is 2.59. The second kappa shape index (κ2) is 5.83. The minimum absolute atomic E-state index is 0.348. The van der Waals surface area contributed by atoms with Crippen LogP contribution in [0.25, 0.3) is 0 Å². The van der Waals surface area contributed by atoms with Crippen molar-refractivity contribution < 1.29 is 9.31 Å². The van der Waals surface area contributed by atoms with Crippen LogP contribution in [0.2, 0.25) is 0 Å². The van der Waals surface area contributed by atoms with Crippen LogP contribution in [-0.2, 0) is 0 Å². The van der Waals surface area contributed by atoms with Gasteiger partial charge in [-0.1, -0.05) is 6.92 Å². The first kappa shape index (κ1) is 13.0. The second-order valence-corrected chi connectivity index (χ2v) is 3.19. The lowest BCUT2D eigenvalue weighted by molar-refractivity contribution is -0.387. The molecule has 0 spiro atoms. The molecule has 1 aromatic carbocycles. The Morgan fingerprint density at radius 2 is 2.29 bits per heavy atom. The van der Waals surface area contributed by atoms with Gasteiger partial charge in [-0.25, -0.2) is 4.99 Å². The molecule has 0 N–H and O–H groups in total. The van der Waals surface area contributed by atoms with Gasteiger partial charge in [0.15, 0.2) is 5.84 Å². The van der Waals surface area contributed by atoms with Crippen LogP contribution in [0.4, 0.5) is 10.1 Å². The van der Waals surface area contributed by atoms with Crippen molar-refractivity contribution in [2.75, 3.05) is 7.05 Å². The SMILES string of the molecule is CCC=NC(=NC)c1ccc([N+](=O)[O-])c(F)c1. The number of hydrogen-bond acceptors (Lipinski definition) is 3. The van der Waals surface area contributed by atoms with Crippen LogP contribution in [0.5, 0.6) is 0 Å². The fraction of sp³-hybridized carbons (Fsp3) is 0.273. The predicted molar refractivity (Wildman–Crippen MR) is 64.3 cm³/mol. The molecule has 0 bridgehead atoms. The van der Waals surface area contributed by atoms with E-state index >= 15 is 0 Å². The van der Waals surface area contributed by atoms with E-state index in [2.05, 4.69) is 9.98 Å². The maximum Gasteiger partial charge on any atom is 0.304 e. The summed E-state index contributed by atoms with van der Waals surface area (Å²) in [6.45, 7) is 1.91. The number of aliphatic imine (C=N–C) groups is 2. The number of hydrogen-bond donors (Lipinski definition) is 0. The van der Waals surface area contributed by atoms with E-state index in [1.54, 1.807) is 6.21 Å². The number of benzene rings is 1. The van der Waals surface area contributed by atoms with Gasteiger partial charge in [-0.3, -0.25) is 15.1 Å². The lowest BCUT2D eigenvalue weighted by Crippen LogP contribution is -2.00. The molecule has 6 heteroatoms. The first-order valence-corrected chi connectivity index (χ1v) is 5.03. The maximum atomic E-state index is 13.4. The fourth-order valence-corrected chi connectivity index (χ4v) is 1.23. The number of nitro groups is 1. The number of amidine groups is 1. The first-order chi connectivity index (χ1) is 8.10. The molecule has 0 aliphatic carbocycles. The van der Waals surface area contributed by atoms with Crippen molar-refractivity contribution in [1.82, 2.24) is 0 Å². The van der Waals surface area contributed by atoms with Gasteiger partial charge in [0.1, 0.15) is 0 Å². The zero-order valence-corrected chi connectivity index (χ0v) is 9.55. The third-order valence-electron chi connectivity index (χ3n) is 2.01. The van der Waals surface area contributed by atoms with Crippen molar-refractivity contribution in [3.8, 4) is 0 Å². The molecule has 17 heavy (non-hydrogen) atoms. The molecule has 1 aromatic rings. The molecular formula is C11H12FN3O2. The van der Waals surface area contributed by atoms with Gasteiger partial charge in [0.05, 0.1) is 4.92 Å². The number of nitrogens with zero attached hydrogens (tertiary/aromatic N) is 3. The highest BCUT2D eigenvalue weighted by molar-refractivity contribution is 6.03. The Morgan fingerprint density at radius 1 is 1.59 bits per heavy atom. The molecule has 0 radical (unpaired) electrons. The lowest BCUT2D eigenvalue weighted by Gasteiger charge is -2.00. The van der Waals surface area contributed by atoms with Crippen LogP contribution in [0.3, 0.4) is 0 Å². The van der Waals surface area contributed by atoms with Crippen molar-refractivity contribution in [1.29, 1.82) is 0 Å². The molecule has 1 rings (SSSR count). The Labute approximate surface area is 97.9 Å². The van der Waals surface area contributed by atoms with Gasteiger partial charge in [-0.2, -0.15) is 4.39 Å². The van der Waals surface area contributed by atoms with Crippen LogP contribution >= 0.6 is 0 Å². The molecule has 0 saturated carbocycles. The summed E-state index contributed by atoms with van der Waals surface area (Å²) in [7, 11) is 1.53. The molecule has 0 saturated heterocycles. The molecule has 0 aliphatic heterocycles. The van der Waals surface area contributed by atoms with Crippen LogP contribution in [0.15, 0.2) is 28.2 Å². The summed E-state index contributed by atoms with van der Waals surface area (Å²) in [4.78, 5) is 17.6. The molecule has 0 heterocycles. The number of halogens is 1. The highest BCUT2D eigenvalue weighted by atomic mass is 19.1. The summed E-state index contributed by atoms with van der Waals surface area (Å²) in [5, 5.41) is 10.5. The summed E-state index contributed by atoms with van der Waals surface area (Å²) in [6, 6.07) is 3.60. The average molecular weight is 237 g/mol. The highest BCUT2D eigenvalue weighted by Gasteiger charge is 2.15. The van der Waals surface area contributed by atoms with E-state index < -0.39 is 16.4 Å². The van der Waals surface area contributed by atoms with E-state index in [0.717, 1.165) is 18.6 Å². The van der Waals surface area contributed by atoms with E-state index in [0.29, 0.717) is 11.4 Å². The Balaban J connectivity index is 3.12. The van der Waals surface area contributed by atoms with Gasteiger partial charge < -0.3 is 0 Å². The van der Waals surface area contributed by atoms with Crippen molar-refractivity contribution in [3.63, 3.8) is 0 Å². The molecular weight excluding hydrogens is 225 g/mol. The normalized spacial score (nSPS) is 12.1. The lowest BCUT2D eigenvalue weighted by atomic mass is 10.2. The molecule has 90 valence electrons. The summed E-state index contributed by atoms with van der Waals surface area (Å²) >= 11 is 0. The smallest absolute Gasteiger partial charge is 0.270 e. The van der Waals surface area contributed by atoms with Crippen molar-refractivity contribution in [2.45, 2.75) is 13.3 Å². The summed E-state index contributed by atoms with van der Waals surface area (Å²) in [6.07, 6.45) is 2.37. The van der Waals surface area contributed by atoms with E-state index in [9.17, 15) is 14.5 Å². The van der Waals surface area contributed by atoms with E-state index in [-0.39, 0.29) is 0 Å². The van der Waals surface area contributed by atoms with Gasteiger partial charge >= 0.3 is 5.69 Å². The van der Waals surface area contributed by atoms with Crippen LogP contribution in [0, 0.1) is 15.9 Å². The Bertz CT molecular complexity index is 484. The zero-order valence-electron chi connectivity index (χ0n) is 9.55. The number of nitro benzene ring substituents is 1. The molecule has 0 unspecified atom stereocenters. The van der Waals surface area contributed by atoms with E-state index in [1.807, 2.05) is 6.92 Å². The summed E-state index contributed by atoms with van der Waals surface area (Å²) in [5.41, 5.74) is -0.135. The average Bonchev–Trinajstić information content (AvgIpc) is 2.29. The third-order valence-corrected chi connectivity index (χ3v) is 2.01. The Hall–Kier alpha value is -2.11. The zero-order chi connectivity index (χ0) is 12.8. The second-order valence-electron chi connectivity index (χ2n) is 3.19. The number of rotatable bonds is 3. The van der Waals surface area contributed by atoms with E-state index in [1.165, 1.54) is 13.1 Å². The molecule has 0 aliphatic rings. The molecule has 0 amide bonds. The topological polar surface area (TPSA) is 67.9 Å². The quantitative estimate of drug-likeness (QED) is 0.351. The van der Waals surface area contributed by atoms with Crippen molar-refractivity contribution >= 4 is 17.7 Å². The van der Waals surface area contributed by atoms with Crippen LogP contribution in [-0.4, -0.2) is 24.0 Å². The van der Waals surface area contributed by atoms with Gasteiger partial charge in [-0.15, -0.1) is 0 Å². The molecule has 0 fully saturated rings. The monoisotopic (exact) mass is 237 g/mol. The highest BCUT2D eigenvalue weighted by Crippen LogP contribution is 2.18. The minimum atomic E-state index is -0.889. The fourth-order valence-electron chi connectivity index (χ4n) is 1.23. The van der Waals surface area contributed by atoms with E-state index in [4.69, 9.17) is 0 Å². The summed E-state index contributed by atoms with van der Waals surface area (Å²) in [5.74, 6) is -0.541. The van der Waals surface area contributed by atoms with Crippen LogP contribution in [0.1, 0.15) is 18.9 Å². The largest absolute Gasteiger partial charge is 0.304 e. The molecule has 0 atom stereocenters. The third kappa shape index (κ3) is 3.17. The minimum Gasteiger partial charge on any atom is -0.270 e. The standard InChI is InChI=1S/C11H12FN3O2/c1-3-6-14-11(13-2)8-4-5-10(15(16)17)9(12)7-8/h4-7H,3H2,1-2H3. The maximum absolute atomic E-state index is 13.4. The summed E-state index contributed by atoms with van der Waals surface area (Å²) < 4.78 is 13.4. The van der Waals surface area contributed by atoms with Gasteiger partial charge in [-0.05, 0) is 18.6 Å². The van der Waals surface area contributed by atoms with Gasteiger partial charge in [0.2, 0.25) is 5.82 Å². The van der Waals surface area contributed by atoms with Gasteiger partial charge in [0.25, 0.3) is 0 Å². The Morgan fingerprint density at radius 3 is 2.76 bits per heavy atom. The van der Waals surface area contributed by atoms with Crippen LogP contribution < -0.4 is 0 Å². The van der Waals surface area contributed by atoms with Crippen molar-refractivity contribution in [2.24, 2.45) is 9.98 Å².